The van der Waals surface area contributed by atoms with Crippen molar-refractivity contribution in [2.45, 2.75) is 0 Å². The summed E-state index contributed by atoms with van der Waals surface area (Å²) in [5.74, 6) is -1.10. The van der Waals surface area contributed by atoms with Crippen LogP contribution < -0.4 is 10.6 Å². The van der Waals surface area contributed by atoms with Gasteiger partial charge in [0.15, 0.2) is 5.82 Å². The van der Waals surface area contributed by atoms with E-state index >= 15 is 0 Å². The van der Waals surface area contributed by atoms with Crippen molar-refractivity contribution in [1.29, 1.82) is 0 Å². The molecule has 0 saturated heterocycles. The van der Waals surface area contributed by atoms with E-state index in [0.29, 0.717) is 21.6 Å². The van der Waals surface area contributed by atoms with Crippen LogP contribution in [0.25, 0.3) is 0 Å². The highest BCUT2D eigenvalue weighted by atomic mass is 35.5. The zero-order valence-electron chi connectivity index (χ0n) is 11.9. The summed E-state index contributed by atoms with van der Waals surface area (Å²) in [6, 6.07) is 8.02. The van der Waals surface area contributed by atoms with Gasteiger partial charge >= 0.3 is 0 Å². The lowest BCUT2D eigenvalue weighted by molar-refractivity contribution is 0.586. The first kappa shape index (κ1) is 16.4. The van der Waals surface area contributed by atoms with Gasteiger partial charge in [-0.1, -0.05) is 23.2 Å². The van der Waals surface area contributed by atoms with Gasteiger partial charge in [0.1, 0.15) is 11.6 Å². The summed E-state index contributed by atoms with van der Waals surface area (Å²) in [6.07, 6.45) is 1.36. The molecule has 3 rings (SSSR count). The Morgan fingerprint density at radius 1 is 0.917 bits per heavy atom. The zero-order valence-corrected chi connectivity index (χ0v) is 13.4. The molecular weight excluding hydrogens is 359 g/mol. The summed E-state index contributed by atoms with van der Waals surface area (Å²) in [7, 11) is 0. The molecule has 0 unspecified atom stereocenters. The van der Waals surface area contributed by atoms with Crippen LogP contribution in [0.4, 0.5) is 31.9 Å². The number of halogens is 4. The minimum atomic E-state index is -0.769. The van der Waals surface area contributed by atoms with Gasteiger partial charge in [0.2, 0.25) is 5.95 Å². The largest absolute Gasteiger partial charge is 0.338 e. The zero-order chi connectivity index (χ0) is 17.1. The molecule has 0 fully saturated rings. The fourth-order valence-electron chi connectivity index (χ4n) is 1.86. The predicted octanol–water partition coefficient (Wildman–Crippen LogP) is 4.94. The Bertz CT molecular complexity index is 891. The van der Waals surface area contributed by atoms with Crippen LogP contribution in [0.15, 0.2) is 42.6 Å². The summed E-state index contributed by atoms with van der Waals surface area (Å²) in [4.78, 5) is 4.14. The van der Waals surface area contributed by atoms with Crippen molar-refractivity contribution < 1.29 is 8.78 Å². The lowest BCUT2D eigenvalue weighted by Crippen LogP contribution is -2.03. The second-order valence-electron chi connectivity index (χ2n) is 4.66. The Morgan fingerprint density at radius 3 is 2.54 bits per heavy atom. The predicted molar refractivity (Wildman–Crippen MR) is 89.2 cm³/mol. The number of hydrogen-bond acceptors (Lipinski definition) is 5. The smallest absolute Gasteiger partial charge is 0.249 e. The van der Waals surface area contributed by atoms with Crippen molar-refractivity contribution in [2.75, 3.05) is 10.6 Å². The molecule has 0 aliphatic carbocycles. The molecule has 24 heavy (non-hydrogen) atoms. The fourth-order valence-corrected chi connectivity index (χ4v) is 2.20. The van der Waals surface area contributed by atoms with Crippen LogP contribution in [0.5, 0.6) is 0 Å². The third kappa shape index (κ3) is 3.87. The Kier molecular flexibility index (Phi) is 4.73. The van der Waals surface area contributed by atoms with Gasteiger partial charge in [-0.15, -0.1) is 5.10 Å². The molecule has 5 nitrogen and oxygen atoms in total. The molecular formula is C15H9Cl2F2N5. The maximum atomic E-state index is 13.7. The summed E-state index contributed by atoms with van der Waals surface area (Å²) in [5.41, 5.74) is 0.555. The highest BCUT2D eigenvalue weighted by Gasteiger charge is 2.08. The minimum absolute atomic E-state index is 0.0242. The van der Waals surface area contributed by atoms with E-state index in [1.807, 2.05) is 0 Å². The number of hydrogen-bond donors (Lipinski definition) is 2. The van der Waals surface area contributed by atoms with Crippen molar-refractivity contribution in [1.82, 2.24) is 15.2 Å². The summed E-state index contributed by atoms with van der Waals surface area (Å²) in [5, 5.41) is 14.0. The minimum Gasteiger partial charge on any atom is -0.338 e. The van der Waals surface area contributed by atoms with Gasteiger partial charge in [-0.2, -0.15) is 10.1 Å². The second kappa shape index (κ2) is 6.94. The Hall–Kier alpha value is -2.51. The summed E-state index contributed by atoms with van der Waals surface area (Å²) < 4.78 is 26.6. The first-order chi connectivity index (χ1) is 11.5. The van der Waals surface area contributed by atoms with E-state index in [2.05, 4.69) is 25.8 Å². The third-order valence-electron chi connectivity index (χ3n) is 2.93. The van der Waals surface area contributed by atoms with E-state index in [1.54, 1.807) is 18.2 Å². The first-order valence-corrected chi connectivity index (χ1v) is 7.41. The molecule has 122 valence electrons. The van der Waals surface area contributed by atoms with Crippen LogP contribution in [0.3, 0.4) is 0 Å². The second-order valence-corrected chi connectivity index (χ2v) is 5.51. The molecule has 2 aromatic carbocycles. The first-order valence-electron chi connectivity index (χ1n) is 6.65. The van der Waals surface area contributed by atoms with E-state index in [0.717, 1.165) is 12.1 Å². The molecule has 1 aromatic heterocycles. The van der Waals surface area contributed by atoms with Gasteiger partial charge in [-0.25, -0.2) is 8.78 Å². The summed E-state index contributed by atoms with van der Waals surface area (Å²) in [6.45, 7) is 0. The average Bonchev–Trinajstić information content (AvgIpc) is 2.54. The van der Waals surface area contributed by atoms with Gasteiger partial charge in [0.05, 0.1) is 22.6 Å². The van der Waals surface area contributed by atoms with Gasteiger partial charge in [0.25, 0.3) is 0 Å². The molecule has 0 radical (unpaired) electrons. The molecule has 0 amide bonds. The Balaban J connectivity index is 1.82. The van der Waals surface area contributed by atoms with Crippen LogP contribution in [-0.4, -0.2) is 15.2 Å². The Morgan fingerprint density at radius 2 is 1.75 bits per heavy atom. The topological polar surface area (TPSA) is 62.7 Å². The molecule has 0 aliphatic rings. The fraction of sp³-hybridized carbons (Fsp3) is 0. The van der Waals surface area contributed by atoms with Crippen LogP contribution in [-0.2, 0) is 0 Å². The van der Waals surface area contributed by atoms with Crippen molar-refractivity contribution in [3.8, 4) is 0 Å². The van der Waals surface area contributed by atoms with E-state index in [-0.39, 0.29) is 11.6 Å². The van der Waals surface area contributed by atoms with E-state index < -0.39 is 11.6 Å². The molecule has 0 spiro atoms. The quantitative estimate of drug-likeness (QED) is 0.683. The van der Waals surface area contributed by atoms with E-state index in [1.165, 1.54) is 12.3 Å². The molecule has 0 bridgehead atoms. The van der Waals surface area contributed by atoms with Crippen LogP contribution in [0.1, 0.15) is 0 Å². The standard InChI is InChI=1S/C15H9Cl2F2N5/c16-8-1-3-10(17)13(5-8)21-14-7-20-24-15(23-14)22-12-4-2-9(18)6-11(12)19/h1-7H,(H2,21,22,23,24). The third-order valence-corrected chi connectivity index (χ3v) is 3.49. The van der Waals surface area contributed by atoms with E-state index in [9.17, 15) is 8.78 Å². The number of anilines is 4. The molecule has 2 N–H and O–H groups in total. The normalized spacial score (nSPS) is 10.5. The van der Waals surface area contributed by atoms with Gasteiger partial charge in [-0.05, 0) is 30.3 Å². The number of rotatable bonds is 4. The van der Waals surface area contributed by atoms with Crippen LogP contribution in [0.2, 0.25) is 10.0 Å². The lowest BCUT2D eigenvalue weighted by atomic mass is 10.3. The van der Waals surface area contributed by atoms with Gasteiger partial charge in [-0.3, -0.25) is 0 Å². The van der Waals surface area contributed by atoms with E-state index in [4.69, 9.17) is 23.2 Å². The van der Waals surface area contributed by atoms with Gasteiger partial charge in [0, 0.05) is 11.1 Å². The monoisotopic (exact) mass is 367 g/mol. The number of nitrogens with one attached hydrogen (secondary N) is 2. The molecule has 0 aliphatic heterocycles. The van der Waals surface area contributed by atoms with Crippen LogP contribution >= 0.6 is 23.2 Å². The van der Waals surface area contributed by atoms with Crippen molar-refractivity contribution >= 4 is 46.3 Å². The molecule has 0 atom stereocenters. The molecule has 0 saturated carbocycles. The maximum Gasteiger partial charge on any atom is 0.249 e. The van der Waals surface area contributed by atoms with Crippen LogP contribution in [0, 0.1) is 11.6 Å². The Labute approximate surface area is 145 Å². The lowest BCUT2D eigenvalue weighted by Gasteiger charge is -2.09. The molecule has 3 aromatic rings. The average molecular weight is 368 g/mol. The SMILES string of the molecule is Fc1ccc(Nc2nncc(Nc3cc(Cl)ccc3Cl)n2)c(F)c1. The van der Waals surface area contributed by atoms with Crippen molar-refractivity contribution in [3.63, 3.8) is 0 Å². The highest BCUT2D eigenvalue weighted by Crippen LogP contribution is 2.28. The van der Waals surface area contributed by atoms with Crippen molar-refractivity contribution in [3.05, 3.63) is 64.3 Å². The number of nitrogens with zero attached hydrogens (tertiary/aromatic N) is 3. The number of aromatic nitrogens is 3. The molecule has 1 heterocycles. The summed E-state index contributed by atoms with van der Waals surface area (Å²) >= 11 is 12.0. The number of benzene rings is 2. The van der Waals surface area contributed by atoms with Crippen molar-refractivity contribution in [2.24, 2.45) is 0 Å². The maximum absolute atomic E-state index is 13.7. The van der Waals surface area contributed by atoms with Gasteiger partial charge < -0.3 is 10.6 Å². The molecule has 9 heteroatoms. The highest BCUT2D eigenvalue weighted by molar-refractivity contribution is 6.35.